The lowest BCUT2D eigenvalue weighted by molar-refractivity contribution is 0.226. The highest BCUT2D eigenvalue weighted by atomic mass is 16.5. The first-order valence-corrected chi connectivity index (χ1v) is 6.92. The molecule has 0 radical (unpaired) electrons. The van der Waals surface area contributed by atoms with Crippen LogP contribution in [-0.4, -0.2) is 37.7 Å². The maximum atomic E-state index is 5.65. The average molecular weight is 248 g/mol. The van der Waals surface area contributed by atoms with Gasteiger partial charge < -0.3 is 15.0 Å². The number of piperidine rings is 1. The lowest BCUT2D eigenvalue weighted by Crippen LogP contribution is -2.43. The number of ether oxygens (including phenoxy) is 1. The molecule has 1 aromatic carbocycles. The highest BCUT2D eigenvalue weighted by Crippen LogP contribution is 2.18. The molecule has 0 aliphatic carbocycles. The van der Waals surface area contributed by atoms with Gasteiger partial charge in [0.25, 0.3) is 0 Å². The Morgan fingerprint density at radius 3 is 3.00 bits per heavy atom. The van der Waals surface area contributed by atoms with E-state index in [0.717, 1.165) is 25.4 Å². The molecule has 1 saturated heterocycles. The first kappa shape index (κ1) is 13.4. The van der Waals surface area contributed by atoms with Gasteiger partial charge in [0.15, 0.2) is 0 Å². The minimum Gasteiger partial charge on any atom is -0.494 e. The molecule has 1 aliphatic heterocycles. The van der Waals surface area contributed by atoms with Gasteiger partial charge in [-0.25, -0.2) is 0 Å². The summed E-state index contributed by atoms with van der Waals surface area (Å²) in [6.07, 6.45) is 2.57. The highest BCUT2D eigenvalue weighted by molar-refractivity contribution is 5.33. The minimum absolute atomic E-state index is 0.610. The molecule has 1 unspecified atom stereocenters. The summed E-state index contributed by atoms with van der Waals surface area (Å²) in [5.41, 5.74) is 1.26. The first-order valence-electron chi connectivity index (χ1n) is 6.92. The van der Waals surface area contributed by atoms with Crippen molar-refractivity contribution in [3.8, 4) is 5.75 Å². The predicted molar refractivity (Wildman–Crippen MR) is 75.0 cm³/mol. The van der Waals surface area contributed by atoms with E-state index in [9.17, 15) is 0 Å². The number of nitrogens with one attached hydrogen (secondary N) is 1. The van der Waals surface area contributed by atoms with Gasteiger partial charge in [-0.1, -0.05) is 18.2 Å². The quantitative estimate of drug-likeness (QED) is 0.865. The van der Waals surface area contributed by atoms with Crippen LogP contribution in [0.25, 0.3) is 0 Å². The standard InChI is InChI=1S/C15H24N2O/c1-3-18-15-9-5-4-7-13(15)11-16-14-8-6-10-17(2)12-14/h4-5,7,9,14,16H,3,6,8,10-12H2,1-2H3. The largest absolute Gasteiger partial charge is 0.494 e. The molecule has 0 amide bonds. The van der Waals surface area contributed by atoms with Crippen LogP contribution in [0.2, 0.25) is 0 Å². The molecule has 1 fully saturated rings. The summed E-state index contributed by atoms with van der Waals surface area (Å²) in [6.45, 7) is 6.03. The van der Waals surface area contributed by atoms with E-state index in [2.05, 4.69) is 29.4 Å². The van der Waals surface area contributed by atoms with Crippen LogP contribution in [0.4, 0.5) is 0 Å². The van der Waals surface area contributed by atoms with E-state index in [1.165, 1.54) is 24.9 Å². The van der Waals surface area contributed by atoms with Crippen molar-refractivity contribution in [3.63, 3.8) is 0 Å². The van der Waals surface area contributed by atoms with Crippen molar-refractivity contribution in [2.24, 2.45) is 0 Å². The Balaban J connectivity index is 1.89. The SMILES string of the molecule is CCOc1ccccc1CNC1CCCN(C)C1. The van der Waals surface area contributed by atoms with Crippen molar-refractivity contribution < 1.29 is 4.74 Å². The van der Waals surface area contributed by atoms with E-state index >= 15 is 0 Å². The van der Waals surface area contributed by atoms with E-state index in [0.29, 0.717) is 6.04 Å². The zero-order valence-electron chi connectivity index (χ0n) is 11.5. The summed E-state index contributed by atoms with van der Waals surface area (Å²) in [5.74, 6) is 1.01. The van der Waals surface area contributed by atoms with Gasteiger partial charge in [0.05, 0.1) is 6.61 Å². The third kappa shape index (κ3) is 3.72. The van der Waals surface area contributed by atoms with E-state index in [1.807, 2.05) is 19.1 Å². The molecule has 18 heavy (non-hydrogen) atoms. The molecule has 3 heteroatoms. The van der Waals surface area contributed by atoms with Gasteiger partial charge >= 0.3 is 0 Å². The van der Waals surface area contributed by atoms with Gasteiger partial charge in [0.1, 0.15) is 5.75 Å². The highest BCUT2D eigenvalue weighted by Gasteiger charge is 2.16. The van der Waals surface area contributed by atoms with Crippen molar-refractivity contribution >= 4 is 0 Å². The Morgan fingerprint density at radius 1 is 1.39 bits per heavy atom. The maximum absolute atomic E-state index is 5.65. The van der Waals surface area contributed by atoms with Crippen LogP contribution < -0.4 is 10.1 Å². The Kier molecular flexibility index (Phi) is 5.02. The second kappa shape index (κ2) is 6.76. The molecule has 1 N–H and O–H groups in total. The van der Waals surface area contributed by atoms with E-state index in [4.69, 9.17) is 4.74 Å². The van der Waals surface area contributed by atoms with Crippen LogP contribution in [0, 0.1) is 0 Å². The number of rotatable bonds is 5. The Morgan fingerprint density at radius 2 is 2.22 bits per heavy atom. The minimum atomic E-state index is 0.610. The monoisotopic (exact) mass is 248 g/mol. The van der Waals surface area contributed by atoms with Crippen molar-refractivity contribution in [2.45, 2.75) is 32.4 Å². The molecular weight excluding hydrogens is 224 g/mol. The normalized spacial score (nSPS) is 20.9. The predicted octanol–water partition coefficient (Wildman–Crippen LogP) is 2.27. The molecular formula is C15H24N2O. The summed E-state index contributed by atoms with van der Waals surface area (Å²) in [6, 6.07) is 8.91. The van der Waals surface area contributed by atoms with E-state index in [1.54, 1.807) is 0 Å². The fourth-order valence-electron chi connectivity index (χ4n) is 2.53. The van der Waals surface area contributed by atoms with Gasteiger partial charge in [0.2, 0.25) is 0 Å². The summed E-state index contributed by atoms with van der Waals surface area (Å²) in [7, 11) is 2.20. The van der Waals surface area contributed by atoms with Gasteiger partial charge in [-0.15, -0.1) is 0 Å². The van der Waals surface area contributed by atoms with Crippen LogP contribution in [0.1, 0.15) is 25.3 Å². The molecule has 1 heterocycles. The molecule has 0 saturated carbocycles. The Labute approximate surface area is 110 Å². The molecule has 3 nitrogen and oxygen atoms in total. The molecule has 2 rings (SSSR count). The maximum Gasteiger partial charge on any atom is 0.123 e. The van der Waals surface area contributed by atoms with Crippen molar-refractivity contribution in [1.82, 2.24) is 10.2 Å². The third-order valence-corrected chi connectivity index (χ3v) is 3.48. The fourth-order valence-corrected chi connectivity index (χ4v) is 2.53. The third-order valence-electron chi connectivity index (χ3n) is 3.48. The second-order valence-corrected chi connectivity index (χ2v) is 5.02. The number of likely N-dealkylation sites (tertiary alicyclic amines) is 1. The number of benzene rings is 1. The number of para-hydroxylation sites is 1. The van der Waals surface area contributed by atoms with E-state index in [-0.39, 0.29) is 0 Å². The van der Waals surface area contributed by atoms with Crippen molar-refractivity contribution in [2.75, 3.05) is 26.7 Å². The second-order valence-electron chi connectivity index (χ2n) is 5.02. The number of likely N-dealkylation sites (N-methyl/N-ethyl adjacent to an activating group) is 1. The molecule has 1 aromatic rings. The summed E-state index contributed by atoms with van der Waals surface area (Å²) in [5, 5.41) is 3.65. The molecule has 100 valence electrons. The zero-order valence-corrected chi connectivity index (χ0v) is 11.5. The zero-order chi connectivity index (χ0) is 12.8. The van der Waals surface area contributed by atoms with Gasteiger partial charge in [-0.2, -0.15) is 0 Å². The van der Waals surface area contributed by atoms with Gasteiger partial charge in [-0.3, -0.25) is 0 Å². The molecule has 0 bridgehead atoms. The molecule has 1 aliphatic rings. The first-order chi connectivity index (χ1) is 8.79. The number of hydrogen-bond donors (Lipinski definition) is 1. The lowest BCUT2D eigenvalue weighted by atomic mass is 10.1. The van der Waals surface area contributed by atoms with Crippen LogP contribution in [0.5, 0.6) is 5.75 Å². The van der Waals surface area contributed by atoms with Crippen molar-refractivity contribution in [1.29, 1.82) is 0 Å². The van der Waals surface area contributed by atoms with Gasteiger partial charge in [0, 0.05) is 24.7 Å². The van der Waals surface area contributed by atoms with E-state index < -0.39 is 0 Å². The topological polar surface area (TPSA) is 24.5 Å². The van der Waals surface area contributed by atoms with Crippen molar-refractivity contribution in [3.05, 3.63) is 29.8 Å². The summed E-state index contributed by atoms with van der Waals surface area (Å²) < 4.78 is 5.65. The van der Waals surface area contributed by atoms with Gasteiger partial charge in [-0.05, 0) is 39.4 Å². The Bertz CT molecular complexity index is 367. The Hall–Kier alpha value is -1.06. The van der Waals surface area contributed by atoms with Crippen LogP contribution in [0.15, 0.2) is 24.3 Å². The molecule has 1 atom stereocenters. The van der Waals surface area contributed by atoms with Crippen LogP contribution in [0.3, 0.4) is 0 Å². The molecule has 0 aromatic heterocycles. The number of nitrogens with zero attached hydrogens (tertiary/aromatic N) is 1. The molecule has 0 spiro atoms. The fraction of sp³-hybridized carbons (Fsp3) is 0.600. The lowest BCUT2D eigenvalue weighted by Gasteiger charge is -2.30. The summed E-state index contributed by atoms with van der Waals surface area (Å²) in [4.78, 5) is 2.40. The smallest absolute Gasteiger partial charge is 0.123 e. The van der Waals surface area contributed by atoms with Crippen LogP contribution in [-0.2, 0) is 6.54 Å². The summed E-state index contributed by atoms with van der Waals surface area (Å²) >= 11 is 0. The van der Waals surface area contributed by atoms with Crippen LogP contribution >= 0.6 is 0 Å². The number of hydrogen-bond acceptors (Lipinski definition) is 3. The average Bonchev–Trinajstić information content (AvgIpc) is 2.38.